The smallest absolute Gasteiger partial charge is 0.136 e. The minimum atomic E-state index is 1.03. The van der Waals surface area contributed by atoms with E-state index in [1.807, 2.05) is 12.1 Å². The van der Waals surface area contributed by atoms with Crippen molar-refractivity contribution >= 4 is 21.9 Å². The molecule has 2 aromatic carbocycles. The molecule has 1 nitrogen and oxygen atoms in total. The molecule has 2 heterocycles. The maximum absolute atomic E-state index is 5.34. The molecule has 4 rings (SSSR count). The van der Waals surface area contributed by atoms with Gasteiger partial charge in [0.15, 0.2) is 0 Å². The van der Waals surface area contributed by atoms with Crippen LogP contribution in [0.4, 0.5) is 0 Å². The van der Waals surface area contributed by atoms with Gasteiger partial charge < -0.3 is 4.42 Å². The molecule has 4 bridgehead atoms. The molecule has 1 heteroatoms. The van der Waals surface area contributed by atoms with Crippen LogP contribution in [0.5, 0.6) is 0 Å². The fourth-order valence-corrected chi connectivity index (χ4v) is 1.33. The van der Waals surface area contributed by atoms with Crippen molar-refractivity contribution in [3.8, 4) is 0 Å². The highest BCUT2D eigenvalue weighted by Gasteiger charge is 2.11. The Labute approximate surface area is 51.5 Å². The first-order valence-corrected chi connectivity index (χ1v) is 2.98. The van der Waals surface area contributed by atoms with Gasteiger partial charge >= 0.3 is 0 Å². The van der Waals surface area contributed by atoms with E-state index in [-0.39, 0.29) is 0 Å². The molecule has 0 radical (unpaired) electrons. The zero-order chi connectivity index (χ0) is 5.84. The Balaban J connectivity index is 2.92. The van der Waals surface area contributed by atoms with Crippen molar-refractivity contribution in [1.29, 1.82) is 0 Å². The third-order valence-corrected chi connectivity index (χ3v) is 1.83. The maximum atomic E-state index is 5.34. The highest BCUT2D eigenvalue weighted by atomic mass is 16.3. The van der Waals surface area contributed by atoms with Gasteiger partial charge in [-0.15, -0.1) is 0 Å². The number of rotatable bonds is 0. The van der Waals surface area contributed by atoms with Gasteiger partial charge in [0.05, 0.1) is 0 Å². The average Bonchev–Trinajstić information content (AvgIpc) is 2.30. The van der Waals surface area contributed by atoms with Crippen LogP contribution in [0.1, 0.15) is 0 Å². The molecular formula is C8H4O. The van der Waals surface area contributed by atoms with E-state index in [4.69, 9.17) is 4.42 Å². The number of furan rings is 2. The summed E-state index contributed by atoms with van der Waals surface area (Å²) in [7, 11) is 0. The predicted molar refractivity (Wildman–Crippen MR) is 36.1 cm³/mol. The van der Waals surface area contributed by atoms with Gasteiger partial charge in [-0.1, -0.05) is 12.1 Å². The molecule has 0 atom stereocenters. The van der Waals surface area contributed by atoms with Crippen LogP contribution in [0, 0.1) is 0 Å². The molecule has 0 aliphatic carbocycles. The summed E-state index contributed by atoms with van der Waals surface area (Å²) < 4.78 is 5.34. The fraction of sp³-hybridized carbons (Fsp3) is 0. The zero-order valence-corrected chi connectivity index (χ0v) is 4.72. The molecule has 0 amide bonds. The SMILES string of the molecule is c1cc2oc3cc2c3c1. The van der Waals surface area contributed by atoms with Crippen LogP contribution in [-0.2, 0) is 0 Å². The van der Waals surface area contributed by atoms with Crippen LogP contribution in [0.15, 0.2) is 28.7 Å². The van der Waals surface area contributed by atoms with Gasteiger partial charge in [0.2, 0.25) is 0 Å². The van der Waals surface area contributed by atoms with Crippen LogP contribution in [0.2, 0.25) is 0 Å². The lowest BCUT2D eigenvalue weighted by Gasteiger charge is -1.89. The molecule has 42 valence electrons. The van der Waals surface area contributed by atoms with Crippen LogP contribution in [-0.4, -0.2) is 0 Å². The third-order valence-electron chi connectivity index (χ3n) is 1.83. The number of benzene rings is 1. The van der Waals surface area contributed by atoms with Gasteiger partial charge in [0.1, 0.15) is 11.2 Å². The lowest BCUT2D eigenvalue weighted by molar-refractivity contribution is 0.676. The maximum Gasteiger partial charge on any atom is 0.136 e. The summed E-state index contributed by atoms with van der Waals surface area (Å²) in [5.41, 5.74) is 2.08. The van der Waals surface area contributed by atoms with Crippen LogP contribution in [0.25, 0.3) is 21.9 Å². The minimum Gasteiger partial charge on any atom is -0.456 e. The molecule has 2 aromatic heterocycles. The average molecular weight is 116 g/mol. The molecule has 0 unspecified atom stereocenters. The molecule has 0 aliphatic rings. The van der Waals surface area contributed by atoms with E-state index in [1.165, 1.54) is 10.8 Å². The lowest BCUT2D eigenvalue weighted by atomic mass is 10.1. The second-order valence-corrected chi connectivity index (χ2v) is 2.33. The quantitative estimate of drug-likeness (QED) is 0.439. The van der Waals surface area contributed by atoms with Crippen molar-refractivity contribution in [2.45, 2.75) is 0 Å². The van der Waals surface area contributed by atoms with Gasteiger partial charge in [-0.05, 0) is 12.1 Å². The summed E-state index contributed by atoms with van der Waals surface area (Å²) in [4.78, 5) is 0. The summed E-state index contributed by atoms with van der Waals surface area (Å²) in [6.45, 7) is 0. The molecule has 4 aromatic rings. The minimum absolute atomic E-state index is 1.03. The first-order valence-electron chi connectivity index (χ1n) is 2.98. The van der Waals surface area contributed by atoms with E-state index in [0.717, 1.165) is 11.2 Å². The summed E-state index contributed by atoms with van der Waals surface area (Å²) in [6.07, 6.45) is 0. The first-order chi connectivity index (χ1) is 4.45. The van der Waals surface area contributed by atoms with Crippen molar-refractivity contribution in [1.82, 2.24) is 0 Å². The van der Waals surface area contributed by atoms with E-state index in [0.29, 0.717) is 0 Å². The molecule has 0 spiro atoms. The summed E-state index contributed by atoms with van der Waals surface area (Å²) in [5, 5.41) is 2.57. The second-order valence-electron chi connectivity index (χ2n) is 2.33. The van der Waals surface area contributed by atoms with Crippen LogP contribution in [0.3, 0.4) is 0 Å². The van der Waals surface area contributed by atoms with E-state index < -0.39 is 0 Å². The molecule has 0 fully saturated rings. The largest absolute Gasteiger partial charge is 0.456 e. The zero-order valence-electron chi connectivity index (χ0n) is 4.72. The summed E-state index contributed by atoms with van der Waals surface area (Å²) in [6, 6.07) is 8.18. The van der Waals surface area contributed by atoms with Gasteiger partial charge in [-0.3, -0.25) is 0 Å². The lowest BCUT2D eigenvalue weighted by Crippen LogP contribution is -1.67. The molecule has 0 N–H and O–H groups in total. The van der Waals surface area contributed by atoms with Crippen molar-refractivity contribution in [3.05, 3.63) is 24.3 Å². The molecular weight excluding hydrogens is 112 g/mol. The van der Waals surface area contributed by atoms with Gasteiger partial charge in [-0.2, -0.15) is 0 Å². The summed E-state index contributed by atoms with van der Waals surface area (Å²) >= 11 is 0. The van der Waals surface area contributed by atoms with Crippen molar-refractivity contribution in [2.75, 3.05) is 0 Å². The Morgan fingerprint density at radius 3 is 2.78 bits per heavy atom. The standard InChI is InChI=1S/C8H4O/c1-2-5-6-4-8(5)9-7(6)3-1/h1-4H. The van der Waals surface area contributed by atoms with Crippen LogP contribution < -0.4 is 0 Å². The van der Waals surface area contributed by atoms with Gasteiger partial charge in [-0.25, -0.2) is 0 Å². The highest BCUT2D eigenvalue weighted by molar-refractivity contribution is 6.13. The van der Waals surface area contributed by atoms with Crippen molar-refractivity contribution < 1.29 is 4.42 Å². The topological polar surface area (TPSA) is 13.1 Å². The van der Waals surface area contributed by atoms with Gasteiger partial charge in [0.25, 0.3) is 0 Å². The fourth-order valence-electron chi connectivity index (χ4n) is 1.33. The second kappa shape index (κ2) is 0.903. The third kappa shape index (κ3) is 0.250. The van der Waals surface area contributed by atoms with E-state index in [2.05, 4.69) is 12.1 Å². The van der Waals surface area contributed by atoms with Crippen molar-refractivity contribution in [2.24, 2.45) is 0 Å². The number of hydrogen-bond acceptors (Lipinski definition) is 1. The van der Waals surface area contributed by atoms with Gasteiger partial charge in [0, 0.05) is 10.8 Å². The molecule has 9 heavy (non-hydrogen) atoms. The van der Waals surface area contributed by atoms with Crippen LogP contribution >= 0.6 is 0 Å². The summed E-state index contributed by atoms with van der Waals surface area (Å²) in [5.74, 6) is 0. The molecule has 0 aliphatic heterocycles. The Morgan fingerprint density at radius 1 is 1.00 bits per heavy atom. The van der Waals surface area contributed by atoms with Crippen molar-refractivity contribution in [3.63, 3.8) is 0 Å². The predicted octanol–water partition coefficient (Wildman–Crippen LogP) is 2.46. The Morgan fingerprint density at radius 2 is 2.00 bits per heavy atom. The Bertz CT molecular complexity index is 408. The van der Waals surface area contributed by atoms with E-state index in [9.17, 15) is 0 Å². The first kappa shape index (κ1) is 3.72. The van der Waals surface area contributed by atoms with E-state index in [1.54, 1.807) is 0 Å². The number of hydrogen-bond donors (Lipinski definition) is 0. The molecule has 0 saturated carbocycles. The highest BCUT2D eigenvalue weighted by Crippen LogP contribution is 2.35. The Hall–Kier alpha value is -1.24. The van der Waals surface area contributed by atoms with E-state index >= 15 is 0 Å². The Kier molecular flexibility index (Phi) is 0.374. The normalized spacial score (nSPS) is 12.4. The molecule has 0 saturated heterocycles. The monoisotopic (exact) mass is 116 g/mol.